The highest BCUT2D eigenvalue weighted by Gasteiger charge is 2.18. The minimum absolute atomic E-state index is 1.09. The first kappa shape index (κ1) is 67.1. The molecule has 0 saturated heterocycles. The first-order valence-corrected chi connectivity index (χ1v) is 37.8. The lowest BCUT2D eigenvalue weighted by atomic mass is 9.98. The second kappa shape index (κ2) is 30.3. The second-order valence-corrected chi connectivity index (χ2v) is 28.3. The molecule has 109 heavy (non-hydrogen) atoms. The van der Waals surface area contributed by atoms with Crippen molar-refractivity contribution >= 4 is 109 Å². The number of nitrogens with one attached hydrogen (secondary N) is 1. The Hall–Kier alpha value is -13.8. The Labute approximate surface area is 643 Å². The van der Waals surface area contributed by atoms with E-state index in [-0.39, 0.29) is 0 Å². The maximum absolute atomic E-state index is 3.51. The zero-order valence-corrected chi connectivity index (χ0v) is 61.4. The molecule has 0 radical (unpaired) electrons. The minimum atomic E-state index is 1.09. The van der Waals surface area contributed by atoms with Crippen LogP contribution in [0.3, 0.4) is 0 Å². The monoisotopic (exact) mass is 1460 g/mol. The van der Waals surface area contributed by atoms with Crippen LogP contribution in [0.1, 0.15) is 0 Å². The number of halogens is 1. The van der Waals surface area contributed by atoms with E-state index in [1.165, 1.54) is 137 Å². The van der Waals surface area contributed by atoms with Gasteiger partial charge in [-0.2, -0.15) is 0 Å². The van der Waals surface area contributed by atoms with Crippen LogP contribution in [0.5, 0.6) is 0 Å². The number of benzene rings is 18. The van der Waals surface area contributed by atoms with E-state index in [1.54, 1.807) is 0 Å². The average molecular weight is 1460 g/mol. The highest BCUT2D eigenvalue weighted by atomic mass is 79.9. The van der Waals surface area contributed by atoms with Gasteiger partial charge in [0, 0.05) is 78.2 Å². The molecule has 18 aromatic carbocycles. The Morgan fingerprint density at radius 2 is 0.385 bits per heavy atom. The summed E-state index contributed by atoms with van der Waals surface area (Å²) in [6, 6.07) is 151. The van der Waals surface area contributed by atoms with Crippen LogP contribution >= 0.6 is 15.9 Å². The van der Waals surface area contributed by atoms with E-state index in [0.29, 0.717) is 0 Å². The molecule has 0 fully saturated rings. The number of aromatic nitrogens is 2. The average Bonchev–Trinajstić information content (AvgIpc) is 1.28. The first-order chi connectivity index (χ1) is 54.0. The van der Waals surface area contributed by atoms with Crippen LogP contribution in [0, 0.1) is 0 Å². The topological polar surface area (TPSA) is 25.1 Å². The maximum Gasteiger partial charge on any atom is 0.0613 e. The van der Waals surface area contributed by atoms with Crippen molar-refractivity contribution in [1.29, 1.82) is 0 Å². The van der Waals surface area contributed by atoms with Gasteiger partial charge in [0.05, 0.1) is 11.0 Å². The molecule has 0 aliphatic rings. The molecule has 1 N–H and O–H groups in total. The van der Waals surface area contributed by atoms with Crippen molar-refractivity contribution in [3.05, 3.63) is 442 Å². The third-order valence-corrected chi connectivity index (χ3v) is 21.3. The van der Waals surface area contributed by atoms with Gasteiger partial charge in [-0.1, -0.05) is 331 Å². The maximum atomic E-state index is 3.51. The number of hydrogen-bond donors (Lipinski definition) is 1. The van der Waals surface area contributed by atoms with Gasteiger partial charge in [-0.15, -0.1) is 0 Å². The smallest absolute Gasteiger partial charge is 0.0613 e. The van der Waals surface area contributed by atoms with E-state index in [1.807, 2.05) is 12.1 Å². The van der Waals surface area contributed by atoms with Crippen LogP contribution < -0.4 is 10.2 Å². The van der Waals surface area contributed by atoms with E-state index in [4.69, 9.17) is 0 Å². The SMILES string of the molecule is Brc1ccc(-c2ccc(-n3ccc4c5ccccc5c5ccccc5c43)cc2)cc1.c1ccc(-c2ccc(N(c3ccc(-c4ccccc4)cc3)c3ccc(-c4ccc(-n5ccc6c7ccccc7c7ccccc7c65)cc4)cc3)cc2)cc1.c1ccc(-c2ccc(Nc3ccc(-c4ccccc4)cc3)cc2)cc1. The van der Waals surface area contributed by atoms with Crippen molar-refractivity contribution < 1.29 is 0 Å². The molecular weight excluding hydrogens is 1390 g/mol. The summed E-state index contributed by atoms with van der Waals surface area (Å²) >= 11 is 3.51. The van der Waals surface area contributed by atoms with Gasteiger partial charge < -0.3 is 19.4 Å². The molecule has 0 spiro atoms. The summed E-state index contributed by atoms with van der Waals surface area (Å²) in [6.45, 7) is 0. The second-order valence-electron chi connectivity index (χ2n) is 27.4. The molecule has 516 valence electrons. The van der Waals surface area contributed by atoms with Gasteiger partial charge in [-0.3, -0.25) is 0 Å². The lowest BCUT2D eigenvalue weighted by Crippen LogP contribution is -2.09. The van der Waals surface area contributed by atoms with E-state index in [2.05, 4.69) is 460 Å². The minimum Gasteiger partial charge on any atom is -0.356 e. The van der Waals surface area contributed by atoms with Gasteiger partial charge >= 0.3 is 0 Å². The summed E-state index contributed by atoms with van der Waals surface area (Å²) in [5.74, 6) is 0. The lowest BCUT2D eigenvalue weighted by molar-refractivity contribution is 1.13. The van der Waals surface area contributed by atoms with Gasteiger partial charge in [0.15, 0.2) is 0 Å². The molecular formula is C104H73BrN4. The summed E-state index contributed by atoms with van der Waals surface area (Å²) in [4.78, 5) is 2.33. The number of hydrogen-bond acceptors (Lipinski definition) is 2. The first-order valence-electron chi connectivity index (χ1n) is 37.0. The molecule has 5 heteroatoms. The standard InChI is InChI=1S/C52H36N2.C28H18BrN.C24H19N/c1-3-11-37(12-4-1)39-21-29-44(30-22-39)54(45-31-23-40(24-32-45)38-13-5-2-6-14-38)46-33-25-42(26-34-46)41-19-27-43(28-20-41)53-36-35-51-49-17-8-7-15-47(49)48-16-9-10-18-50(48)52(51)53;29-21-13-9-19(10-14-21)20-11-15-22(16-12-20)30-18-17-27-25-7-2-1-5-23(25)24-6-3-4-8-26(24)28(27)30;1-3-7-19(8-4-1)21-11-15-23(16-12-21)25-24-17-13-22(14-18-24)20-9-5-2-6-10-20/h1-36H;1-18H;1-18,25H. The summed E-state index contributed by atoms with van der Waals surface area (Å²) in [7, 11) is 0. The summed E-state index contributed by atoms with van der Waals surface area (Å²) in [6.07, 6.45) is 4.40. The fourth-order valence-electron chi connectivity index (χ4n) is 15.3. The number of rotatable bonds is 13. The van der Waals surface area contributed by atoms with Crippen LogP contribution in [0.15, 0.2) is 442 Å². The van der Waals surface area contributed by atoms with Crippen LogP contribution in [0.4, 0.5) is 28.4 Å². The van der Waals surface area contributed by atoms with Crippen LogP contribution in [-0.2, 0) is 0 Å². The van der Waals surface area contributed by atoms with Crippen LogP contribution in [0.25, 0.3) is 143 Å². The third kappa shape index (κ3) is 13.9. The molecule has 20 rings (SSSR count). The van der Waals surface area contributed by atoms with Gasteiger partial charge in [-0.05, 0) is 208 Å². The van der Waals surface area contributed by atoms with Gasteiger partial charge in [0.1, 0.15) is 0 Å². The molecule has 20 aromatic rings. The number of anilines is 5. The van der Waals surface area contributed by atoms with Crippen LogP contribution in [-0.4, -0.2) is 9.13 Å². The van der Waals surface area contributed by atoms with Gasteiger partial charge in [-0.25, -0.2) is 0 Å². The Balaban J connectivity index is 0.000000127. The van der Waals surface area contributed by atoms with E-state index >= 15 is 0 Å². The molecule has 0 aliphatic carbocycles. The fraction of sp³-hybridized carbons (Fsp3) is 0. The molecule has 4 nitrogen and oxygen atoms in total. The van der Waals surface area contributed by atoms with Crippen molar-refractivity contribution in [2.24, 2.45) is 0 Å². The van der Waals surface area contributed by atoms with E-state index in [9.17, 15) is 0 Å². The molecule has 0 unspecified atom stereocenters. The Kier molecular flexibility index (Phi) is 18.7. The van der Waals surface area contributed by atoms with Gasteiger partial charge in [0.2, 0.25) is 0 Å². The van der Waals surface area contributed by atoms with Crippen molar-refractivity contribution in [2.75, 3.05) is 10.2 Å². The normalized spacial score (nSPS) is 11.2. The Morgan fingerprint density at radius 3 is 0.661 bits per heavy atom. The quantitative estimate of drug-likeness (QED) is 0.116. The molecule has 0 aliphatic heterocycles. The largest absolute Gasteiger partial charge is 0.356 e. The molecule has 0 saturated carbocycles. The van der Waals surface area contributed by atoms with Crippen molar-refractivity contribution in [3.63, 3.8) is 0 Å². The summed E-state index contributed by atoms with van der Waals surface area (Å²) in [5.41, 5.74) is 24.9. The highest BCUT2D eigenvalue weighted by Crippen LogP contribution is 2.42. The molecule has 2 heterocycles. The number of fused-ring (bicyclic) bond motifs is 12. The number of nitrogens with zero attached hydrogens (tertiary/aromatic N) is 3. The Morgan fingerprint density at radius 1 is 0.183 bits per heavy atom. The van der Waals surface area contributed by atoms with Crippen molar-refractivity contribution in [1.82, 2.24) is 9.13 Å². The molecule has 0 amide bonds. The summed E-state index contributed by atoms with van der Waals surface area (Å²) in [5, 5.41) is 16.4. The lowest BCUT2D eigenvalue weighted by Gasteiger charge is -2.26. The Bertz CT molecular complexity index is 6360. The zero-order valence-electron chi connectivity index (χ0n) is 59.8. The predicted molar refractivity (Wildman–Crippen MR) is 468 cm³/mol. The third-order valence-electron chi connectivity index (χ3n) is 20.8. The zero-order chi connectivity index (χ0) is 72.8. The van der Waals surface area contributed by atoms with E-state index < -0.39 is 0 Å². The highest BCUT2D eigenvalue weighted by molar-refractivity contribution is 9.10. The van der Waals surface area contributed by atoms with E-state index in [0.717, 1.165) is 38.6 Å². The van der Waals surface area contributed by atoms with Crippen molar-refractivity contribution in [3.8, 4) is 78.1 Å². The predicted octanol–water partition coefficient (Wildman–Crippen LogP) is 29.5. The molecule has 2 aromatic heterocycles. The summed E-state index contributed by atoms with van der Waals surface area (Å²) < 4.78 is 5.75. The molecule has 0 bridgehead atoms. The molecule has 0 atom stereocenters. The van der Waals surface area contributed by atoms with Crippen molar-refractivity contribution in [2.45, 2.75) is 0 Å². The fourth-order valence-corrected chi connectivity index (χ4v) is 15.6. The van der Waals surface area contributed by atoms with Gasteiger partial charge in [0.25, 0.3) is 0 Å². The van der Waals surface area contributed by atoms with Crippen LogP contribution in [0.2, 0.25) is 0 Å².